The average Bonchev–Trinajstić information content (AvgIpc) is 3.26. The minimum absolute atomic E-state index is 0.100. The van der Waals surface area contributed by atoms with E-state index >= 15 is 0 Å². The number of hydrogen-bond donors (Lipinski definition) is 0. The van der Waals surface area contributed by atoms with Gasteiger partial charge in [-0.3, -0.25) is 4.79 Å². The van der Waals surface area contributed by atoms with Crippen molar-refractivity contribution in [1.29, 1.82) is 0 Å². The zero-order chi connectivity index (χ0) is 18.7. The smallest absolute Gasteiger partial charge is 0.335 e. The van der Waals surface area contributed by atoms with Crippen LogP contribution in [-0.2, 0) is 20.4 Å². The van der Waals surface area contributed by atoms with Gasteiger partial charge in [0.05, 0.1) is 5.75 Å². The number of sulfone groups is 1. The fourth-order valence-electron chi connectivity index (χ4n) is 2.89. The third kappa shape index (κ3) is 4.04. The van der Waals surface area contributed by atoms with Gasteiger partial charge in [-0.25, -0.2) is 12.8 Å². The van der Waals surface area contributed by atoms with Crippen LogP contribution in [0.25, 0.3) is 0 Å². The van der Waals surface area contributed by atoms with E-state index < -0.39 is 26.9 Å². The Morgan fingerprint density at radius 3 is 2.73 bits per heavy atom. The molecular formula is C16H17ClFN3O4S. The molecule has 1 fully saturated rings. The van der Waals surface area contributed by atoms with Gasteiger partial charge in [-0.1, -0.05) is 17.2 Å². The van der Waals surface area contributed by atoms with E-state index in [-0.39, 0.29) is 29.9 Å². The van der Waals surface area contributed by atoms with Crippen molar-refractivity contribution in [3.05, 3.63) is 41.5 Å². The fourth-order valence-corrected chi connectivity index (χ4v) is 4.18. The van der Waals surface area contributed by atoms with Crippen LogP contribution in [0.4, 0.5) is 4.39 Å². The molecule has 2 aromatic rings. The van der Waals surface area contributed by atoms with Gasteiger partial charge in [-0.15, -0.1) is 16.7 Å². The Hall–Kier alpha value is -2.00. The summed E-state index contributed by atoms with van der Waals surface area (Å²) in [6, 6.07) is 4.70. The number of amides is 1. The zero-order valence-corrected chi connectivity index (χ0v) is 15.3. The molecule has 2 heterocycles. The van der Waals surface area contributed by atoms with Gasteiger partial charge in [0.1, 0.15) is 11.9 Å². The largest absolute Gasteiger partial charge is 0.410 e. The van der Waals surface area contributed by atoms with Crippen molar-refractivity contribution in [3.63, 3.8) is 0 Å². The van der Waals surface area contributed by atoms with Gasteiger partial charge < -0.3 is 9.32 Å². The molecule has 1 aromatic carbocycles. The summed E-state index contributed by atoms with van der Waals surface area (Å²) in [5.41, 5.74) is 0.408. The SMILES string of the molecule is O=C(CCCl)N1CCC[C@H]1c1nnc(S(=O)(=O)Cc2ccc(F)cc2)o1. The minimum Gasteiger partial charge on any atom is -0.410 e. The van der Waals surface area contributed by atoms with Crippen LogP contribution in [0.2, 0.25) is 0 Å². The van der Waals surface area contributed by atoms with Crippen molar-refractivity contribution in [2.75, 3.05) is 12.4 Å². The van der Waals surface area contributed by atoms with Gasteiger partial charge in [-0.05, 0) is 30.5 Å². The highest BCUT2D eigenvalue weighted by Crippen LogP contribution is 2.32. The van der Waals surface area contributed by atoms with E-state index in [0.29, 0.717) is 18.5 Å². The molecule has 3 rings (SSSR count). The second-order valence-electron chi connectivity index (χ2n) is 5.98. The number of halogens is 2. The molecule has 1 aromatic heterocycles. The second-order valence-corrected chi connectivity index (χ2v) is 8.22. The summed E-state index contributed by atoms with van der Waals surface area (Å²) in [6.45, 7) is 0.542. The van der Waals surface area contributed by atoms with Gasteiger partial charge in [0.25, 0.3) is 0 Å². The lowest BCUT2D eigenvalue weighted by molar-refractivity contribution is -0.132. The number of nitrogens with zero attached hydrogens (tertiary/aromatic N) is 3. The third-order valence-corrected chi connectivity index (χ3v) is 5.72. The third-order valence-electron chi connectivity index (χ3n) is 4.12. The highest BCUT2D eigenvalue weighted by Gasteiger charge is 2.35. The van der Waals surface area contributed by atoms with Crippen molar-refractivity contribution < 1.29 is 22.0 Å². The maximum absolute atomic E-state index is 12.9. The number of carbonyl (C=O) groups is 1. The predicted octanol–water partition coefficient (Wildman–Crippen LogP) is 2.48. The van der Waals surface area contributed by atoms with E-state index in [1.165, 1.54) is 24.3 Å². The number of likely N-dealkylation sites (tertiary alicyclic amines) is 1. The molecule has 1 amide bonds. The molecule has 0 spiro atoms. The van der Waals surface area contributed by atoms with Gasteiger partial charge in [0.15, 0.2) is 0 Å². The Bertz CT molecular complexity index is 885. The second kappa shape index (κ2) is 7.71. The predicted molar refractivity (Wildman–Crippen MR) is 90.6 cm³/mol. The zero-order valence-electron chi connectivity index (χ0n) is 13.8. The molecule has 10 heteroatoms. The number of carbonyl (C=O) groups excluding carboxylic acids is 1. The topological polar surface area (TPSA) is 93.4 Å². The van der Waals surface area contributed by atoms with Crippen molar-refractivity contribution in [2.24, 2.45) is 0 Å². The van der Waals surface area contributed by atoms with Crippen LogP contribution in [0.5, 0.6) is 0 Å². The molecule has 7 nitrogen and oxygen atoms in total. The molecule has 0 aliphatic carbocycles. The van der Waals surface area contributed by atoms with Crippen molar-refractivity contribution >= 4 is 27.3 Å². The lowest BCUT2D eigenvalue weighted by atomic mass is 10.2. The first-order valence-corrected chi connectivity index (χ1v) is 10.3. The number of benzene rings is 1. The minimum atomic E-state index is -3.87. The number of hydrogen-bond acceptors (Lipinski definition) is 6. The van der Waals surface area contributed by atoms with E-state index in [1.807, 2.05) is 0 Å². The molecule has 1 aliphatic heterocycles. The number of aromatic nitrogens is 2. The van der Waals surface area contributed by atoms with Crippen LogP contribution in [0, 0.1) is 5.82 Å². The highest BCUT2D eigenvalue weighted by molar-refractivity contribution is 7.90. The summed E-state index contributed by atoms with van der Waals surface area (Å²) in [6.07, 6.45) is 1.58. The van der Waals surface area contributed by atoms with Gasteiger partial charge in [0.2, 0.25) is 21.6 Å². The van der Waals surface area contributed by atoms with Gasteiger partial charge in [-0.2, -0.15) is 0 Å². The molecule has 1 saturated heterocycles. The van der Waals surface area contributed by atoms with Crippen LogP contribution >= 0.6 is 11.6 Å². The Morgan fingerprint density at radius 2 is 2.04 bits per heavy atom. The molecule has 0 N–H and O–H groups in total. The quantitative estimate of drug-likeness (QED) is 0.690. The molecule has 140 valence electrons. The van der Waals surface area contributed by atoms with Crippen LogP contribution in [0.3, 0.4) is 0 Å². The van der Waals surface area contributed by atoms with Crippen molar-refractivity contribution in [3.8, 4) is 0 Å². The Balaban J connectivity index is 1.78. The van der Waals surface area contributed by atoms with Gasteiger partial charge >= 0.3 is 5.22 Å². The standard InChI is InChI=1S/C16H17ClFN3O4S/c17-8-7-14(22)21-9-1-2-13(21)15-19-20-16(25-15)26(23,24)10-11-3-5-12(18)6-4-11/h3-6,13H,1-2,7-10H2/t13-/m0/s1. The van der Waals surface area contributed by atoms with Crippen LogP contribution in [0.1, 0.15) is 36.8 Å². The summed E-state index contributed by atoms with van der Waals surface area (Å²) < 4.78 is 43.2. The lowest BCUT2D eigenvalue weighted by Crippen LogP contribution is -2.30. The molecule has 0 bridgehead atoms. The monoisotopic (exact) mass is 401 g/mol. The van der Waals surface area contributed by atoms with Crippen LogP contribution < -0.4 is 0 Å². The van der Waals surface area contributed by atoms with E-state index in [9.17, 15) is 17.6 Å². The van der Waals surface area contributed by atoms with Crippen molar-refractivity contribution in [1.82, 2.24) is 15.1 Å². The Kier molecular flexibility index (Phi) is 5.57. The van der Waals surface area contributed by atoms with Gasteiger partial charge in [0, 0.05) is 18.8 Å². The van der Waals surface area contributed by atoms with Crippen LogP contribution in [-0.4, -0.2) is 41.8 Å². The maximum atomic E-state index is 12.9. The van der Waals surface area contributed by atoms with E-state index in [4.69, 9.17) is 16.0 Å². The fraction of sp³-hybridized carbons (Fsp3) is 0.438. The summed E-state index contributed by atoms with van der Waals surface area (Å²) in [7, 11) is -3.87. The van der Waals surface area contributed by atoms with E-state index in [2.05, 4.69) is 10.2 Å². The highest BCUT2D eigenvalue weighted by atomic mass is 35.5. The first-order valence-electron chi connectivity index (χ1n) is 8.07. The molecule has 0 unspecified atom stereocenters. The molecule has 0 radical (unpaired) electrons. The summed E-state index contributed by atoms with van der Waals surface area (Å²) in [4.78, 5) is 13.7. The Labute approximate surface area is 155 Å². The normalized spacial score (nSPS) is 17.6. The lowest BCUT2D eigenvalue weighted by Gasteiger charge is -2.21. The summed E-state index contributed by atoms with van der Waals surface area (Å²) >= 11 is 5.62. The number of alkyl halides is 1. The van der Waals surface area contributed by atoms with E-state index in [1.54, 1.807) is 4.90 Å². The first kappa shape index (κ1) is 18.8. The average molecular weight is 402 g/mol. The summed E-state index contributed by atoms with van der Waals surface area (Å²) in [5, 5.41) is 6.97. The number of rotatable bonds is 6. The molecule has 0 saturated carbocycles. The molecule has 1 aliphatic rings. The van der Waals surface area contributed by atoms with Crippen LogP contribution in [0.15, 0.2) is 33.9 Å². The van der Waals surface area contributed by atoms with E-state index in [0.717, 1.165) is 6.42 Å². The first-order chi connectivity index (χ1) is 12.4. The molecule has 1 atom stereocenters. The molecular weight excluding hydrogens is 385 g/mol. The van der Waals surface area contributed by atoms with Crippen molar-refractivity contribution in [2.45, 2.75) is 36.3 Å². The molecule has 26 heavy (non-hydrogen) atoms. The summed E-state index contributed by atoms with van der Waals surface area (Å²) in [5.74, 6) is -0.647. The maximum Gasteiger partial charge on any atom is 0.335 e. The Morgan fingerprint density at radius 1 is 1.31 bits per heavy atom.